The second-order valence-corrected chi connectivity index (χ2v) is 7.33. The molecule has 2 aromatic heterocycles. The van der Waals surface area contributed by atoms with Crippen molar-refractivity contribution in [3.63, 3.8) is 0 Å². The van der Waals surface area contributed by atoms with Gasteiger partial charge in [-0.1, -0.05) is 11.2 Å². The van der Waals surface area contributed by atoms with E-state index in [0.29, 0.717) is 23.4 Å². The van der Waals surface area contributed by atoms with Gasteiger partial charge in [-0.3, -0.25) is 14.7 Å². The molecule has 2 fully saturated rings. The molecule has 0 bridgehead atoms. The standard InChI is InChI=1S/C19H24N4O2/c1-22-9-7-15(18(22)14-4-3-8-20-10-14)11-23(2)19(24)16-12-25-21-17(16)13-5-6-13/h3-4,8,10,12-13,15,18H,5-7,9,11H2,1-2H3/t15-,18-/m0/s1. The summed E-state index contributed by atoms with van der Waals surface area (Å²) in [5.41, 5.74) is 2.69. The fraction of sp³-hybridized carbons (Fsp3) is 0.526. The van der Waals surface area contributed by atoms with Gasteiger partial charge in [-0.25, -0.2) is 0 Å². The van der Waals surface area contributed by atoms with Crippen molar-refractivity contribution in [1.82, 2.24) is 19.9 Å². The molecule has 132 valence electrons. The molecule has 1 amide bonds. The molecule has 1 aliphatic carbocycles. The zero-order chi connectivity index (χ0) is 17.4. The van der Waals surface area contributed by atoms with Gasteiger partial charge >= 0.3 is 0 Å². The molecule has 6 nitrogen and oxygen atoms in total. The number of hydrogen-bond donors (Lipinski definition) is 0. The van der Waals surface area contributed by atoms with Crippen LogP contribution < -0.4 is 0 Å². The molecule has 0 radical (unpaired) electrons. The van der Waals surface area contributed by atoms with Crippen LogP contribution in [0.4, 0.5) is 0 Å². The van der Waals surface area contributed by atoms with E-state index in [9.17, 15) is 4.79 Å². The van der Waals surface area contributed by atoms with Crippen LogP contribution in [0.1, 0.15) is 52.8 Å². The molecule has 0 N–H and O–H groups in total. The second kappa shape index (κ2) is 6.59. The van der Waals surface area contributed by atoms with Crippen molar-refractivity contribution in [2.75, 3.05) is 27.2 Å². The highest BCUT2D eigenvalue weighted by atomic mass is 16.5. The first kappa shape index (κ1) is 16.3. The van der Waals surface area contributed by atoms with Crippen LogP contribution in [-0.4, -0.2) is 53.0 Å². The Labute approximate surface area is 147 Å². The molecule has 3 heterocycles. The van der Waals surface area contributed by atoms with Crippen molar-refractivity contribution in [2.45, 2.75) is 31.2 Å². The van der Waals surface area contributed by atoms with Crippen molar-refractivity contribution < 1.29 is 9.32 Å². The molecule has 4 rings (SSSR count). The molecule has 0 aromatic carbocycles. The summed E-state index contributed by atoms with van der Waals surface area (Å²) in [6.45, 7) is 1.75. The maximum absolute atomic E-state index is 12.9. The van der Waals surface area contributed by atoms with Gasteiger partial charge in [-0.05, 0) is 50.4 Å². The van der Waals surface area contributed by atoms with Gasteiger partial charge in [0.05, 0.1) is 5.69 Å². The SMILES string of the molecule is CN(C[C@@H]1CCN(C)[C@H]1c1cccnc1)C(=O)c1conc1C1CC1. The average Bonchev–Trinajstić information content (AvgIpc) is 3.24. The number of likely N-dealkylation sites (tertiary alicyclic amines) is 1. The van der Waals surface area contributed by atoms with Crippen LogP contribution in [0.5, 0.6) is 0 Å². The summed E-state index contributed by atoms with van der Waals surface area (Å²) < 4.78 is 5.08. The molecule has 25 heavy (non-hydrogen) atoms. The Balaban J connectivity index is 1.48. The van der Waals surface area contributed by atoms with Crippen molar-refractivity contribution in [2.24, 2.45) is 5.92 Å². The van der Waals surface area contributed by atoms with Crippen LogP contribution in [-0.2, 0) is 0 Å². The lowest BCUT2D eigenvalue weighted by atomic mass is 9.94. The van der Waals surface area contributed by atoms with Gasteiger partial charge in [-0.2, -0.15) is 0 Å². The number of carbonyl (C=O) groups is 1. The highest BCUT2D eigenvalue weighted by Gasteiger charge is 2.36. The zero-order valence-electron chi connectivity index (χ0n) is 14.8. The fourth-order valence-corrected chi connectivity index (χ4v) is 3.99. The number of rotatable bonds is 5. The zero-order valence-corrected chi connectivity index (χ0v) is 14.8. The molecule has 1 aliphatic heterocycles. The summed E-state index contributed by atoms with van der Waals surface area (Å²) in [4.78, 5) is 21.3. The normalized spacial score (nSPS) is 23.8. The summed E-state index contributed by atoms with van der Waals surface area (Å²) in [5, 5.41) is 4.05. The van der Waals surface area contributed by atoms with Gasteiger partial charge in [0.2, 0.25) is 0 Å². The van der Waals surface area contributed by atoms with E-state index in [4.69, 9.17) is 4.52 Å². The Morgan fingerprint density at radius 3 is 2.96 bits per heavy atom. The Morgan fingerprint density at radius 1 is 1.40 bits per heavy atom. The first-order valence-corrected chi connectivity index (χ1v) is 8.95. The van der Waals surface area contributed by atoms with Gasteiger partial charge in [0, 0.05) is 37.9 Å². The first-order chi connectivity index (χ1) is 12.1. The largest absolute Gasteiger partial charge is 0.364 e. The van der Waals surface area contributed by atoms with E-state index in [0.717, 1.165) is 38.0 Å². The lowest BCUT2D eigenvalue weighted by Crippen LogP contribution is -2.34. The Hall–Kier alpha value is -2.21. The second-order valence-electron chi connectivity index (χ2n) is 7.33. The third-order valence-corrected chi connectivity index (χ3v) is 5.45. The monoisotopic (exact) mass is 340 g/mol. The molecule has 1 saturated carbocycles. The van der Waals surface area contributed by atoms with E-state index in [-0.39, 0.29) is 5.91 Å². The molecule has 2 atom stereocenters. The minimum Gasteiger partial charge on any atom is -0.364 e. The summed E-state index contributed by atoms with van der Waals surface area (Å²) >= 11 is 0. The van der Waals surface area contributed by atoms with E-state index in [1.807, 2.05) is 24.2 Å². The van der Waals surface area contributed by atoms with E-state index in [2.05, 4.69) is 28.2 Å². The van der Waals surface area contributed by atoms with Gasteiger partial charge in [0.1, 0.15) is 11.8 Å². The summed E-state index contributed by atoms with van der Waals surface area (Å²) in [6, 6.07) is 4.40. The number of carbonyl (C=O) groups excluding carboxylic acids is 1. The van der Waals surface area contributed by atoms with E-state index >= 15 is 0 Å². The number of hydrogen-bond acceptors (Lipinski definition) is 5. The Bertz CT molecular complexity index is 741. The Kier molecular flexibility index (Phi) is 4.29. The molecule has 6 heteroatoms. The van der Waals surface area contributed by atoms with Gasteiger partial charge in [0.25, 0.3) is 5.91 Å². The van der Waals surface area contributed by atoms with Crippen molar-refractivity contribution >= 4 is 5.91 Å². The first-order valence-electron chi connectivity index (χ1n) is 8.95. The number of nitrogens with zero attached hydrogens (tertiary/aromatic N) is 4. The van der Waals surface area contributed by atoms with Crippen molar-refractivity contribution in [3.05, 3.63) is 47.6 Å². The van der Waals surface area contributed by atoms with Gasteiger partial charge in [-0.15, -0.1) is 0 Å². The van der Waals surface area contributed by atoms with Crippen LogP contribution in [0.15, 0.2) is 35.3 Å². The predicted molar refractivity (Wildman–Crippen MR) is 93.2 cm³/mol. The molecule has 0 spiro atoms. The summed E-state index contributed by atoms with van der Waals surface area (Å²) in [6.07, 6.45) is 8.53. The lowest BCUT2D eigenvalue weighted by Gasteiger charge is -2.28. The maximum Gasteiger partial charge on any atom is 0.258 e. The van der Waals surface area contributed by atoms with Crippen LogP contribution in [0.2, 0.25) is 0 Å². The smallest absolute Gasteiger partial charge is 0.258 e. The summed E-state index contributed by atoms with van der Waals surface area (Å²) in [7, 11) is 4.02. The minimum atomic E-state index is 0.0163. The topological polar surface area (TPSA) is 62.5 Å². The van der Waals surface area contributed by atoms with E-state index in [1.54, 1.807) is 6.20 Å². The average molecular weight is 340 g/mol. The van der Waals surface area contributed by atoms with E-state index in [1.165, 1.54) is 11.8 Å². The molecule has 0 unspecified atom stereocenters. The number of pyridine rings is 1. The number of amides is 1. The van der Waals surface area contributed by atoms with Crippen LogP contribution in [0.25, 0.3) is 0 Å². The molecular weight excluding hydrogens is 316 g/mol. The Morgan fingerprint density at radius 2 is 2.24 bits per heavy atom. The molecule has 1 saturated heterocycles. The van der Waals surface area contributed by atoms with Crippen LogP contribution in [0.3, 0.4) is 0 Å². The molecule has 2 aromatic rings. The van der Waals surface area contributed by atoms with Gasteiger partial charge < -0.3 is 9.42 Å². The molecular formula is C19H24N4O2. The third kappa shape index (κ3) is 3.18. The van der Waals surface area contributed by atoms with Crippen molar-refractivity contribution in [3.8, 4) is 0 Å². The highest BCUT2D eigenvalue weighted by Crippen LogP contribution is 2.41. The third-order valence-electron chi connectivity index (χ3n) is 5.45. The quantitative estimate of drug-likeness (QED) is 0.837. The van der Waals surface area contributed by atoms with Crippen LogP contribution in [0, 0.1) is 5.92 Å². The van der Waals surface area contributed by atoms with Gasteiger partial charge in [0.15, 0.2) is 0 Å². The van der Waals surface area contributed by atoms with Crippen molar-refractivity contribution in [1.29, 1.82) is 0 Å². The lowest BCUT2D eigenvalue weighted by molar-refractivity contribution is 0.0759. The predicted octanol–water partition coefficient (Wildman–Crippen LogP) is 2.71. The minimum absolute atomic E-state index is 0.0163. The number of aromatic nitrogens is 2. The van der Waals surface area contributed by atoms with E-state index < -0.39 is 0 Å². The summed E-state index contributed by atoms with van der Waals surface area (Å²) in [5.74, 6) is 0.821. The molecule has 2 aliphatic rings. The fourth-order valence-electron chi connectivity index (χ4n) is 3.99. The maximum atomic E-state index is 12.9. The van der Waals surface area contributed by atoms with Crippen LogP contribution >= 0.6 is 0 Å². The highest BCUT2D eigenvalue weighted by molar-refractivity contribution is 5.95.